The van der Waals surface area contributed by atoms with Crippen LogP contribution in [0.3, 0.4) is 0 Å². The second kappa shape index (κ2) is 11.4. The van der Waals surface area contributed by atoms with Crippen molar-refractivity contribution in [1.29, 1.82) is 0 Å². The van der Waals surface area contributed by atoms with Gasteiger partial charge < -0.3 is 15.0 Å². The third-order valence-corrected chi connectivity index (χ3v) is 5.77. The number of amides is 1. The van der Waals surface area contributed by atoms with Crippen LogP contribution in [0.5, 0.6) is 5.88 Å². The summed E-state index contributed by atoms with van der Waals surface area (Å²) in [4.78, 5) is 33.7. The summed E-state index contributed by atoms with van der Waals surface area (Å²) in [5, 5.41) is 2.93. The van der Waals surface area contributed by atoms with Crippen molar-refractivity contribution in [3.8, 4) is 17.1 Å². The molecule has 5 rings (SSSR count). The maximum Gasteiger partial charge on any atom is 0.251 e. The molecule has 3 aromatic heterocycles. The molecule has 2 aromatic carbocycles. The molecule has 0 aliphatic heterocycles. The number of aromatic amines is 1. The second-order valence-corrected chi connectivity index (χ2v) is 8.40. The number of carbonyl (C=O) groups is 1. The van der Waals surface area contributed by atoms with Gasteiger partial charge in [-0.05, 0) is 61.0 Å². The van der Waals surface area contributed by atoms with Crippen molar-refractivity contribution in [2.24, 2.45) is 0 Å². The third-order valence-electron chi connectivity index (χ3n) is 5.77. The molecule has 8 nitrogen and oxygen atoms in total. The lowest BCUT2D eigenvalue weighted by Gasteiger charge is -2.12. The summed E-state index contributed by atoms with van der Waals surface area (Å²) in [6.07, 6.45) is 7.34. The van der Waals surface area contributed by atoms with Gasteiger partial charge in [-0.15, -0.1) is 0 Å². The number of benzene rings is 2. The van der Waals surface area contributed by atoms with Crippen LogP contribution in [0.15, 0.2) is 79.3 Å². The van der Waals surface area contributed by atoms with Gasteiger partial charge in [-0.1, -0.05) is 6.07 Å². The SMILES string of the molecule is O=C(NCCCc1ncc[nH]1)c1ccc2nc(OCCc3ccccn3)c(-c3ccc(F)cc3)nc2c1. The standard InChI is InChI=1S/C28H25FN6O2/c29-21-9-6-19(7-10-21)26-28(37-17-12-22-4-1-2-13-30-22)35-23-11-8-20(18-24(23)34-26)27(36)33-14-3-5-25-31-15-16-32-25/h1-2,4,6-11,13,15-16,18H,3,5,12,14,17H2,(H,31,32)(H,33,36). The molecule has 0 fully saturated rings. The van der Waals surface area contributed by atoms with Crippen LogP contribution in [0.25, 0.3) is 22.3 Å². The average molecular weight is 497 g/mol. The number of fused-ring (bicyclic) bond motifs is 1. The fourth-order valence-corrected chi connectivity index (χ4v) is 3.87. The first-order chi connectivity index (χ1) is 18.2. The quantitative estimate of drug-likeness (QED) is 0.275. The highest BCUT2D eigenvalue weighted by Gasteiger charge is 2.15. The van der Waals surface area contributed by atoms with Crippen LogP contribution in [0.4, 0.5) is 4.39 Å². The van der Waals surface area contributed by atoms with Crippen LogP contribution in [0.1, 0.15) is 28.3 Å². The number of ether oxygens (including phenoxy) is 1. The number of hydrogen-bond donors (Lipinski definition) is 2. The number of carbonyl (C=O) groups excluding carboxylic acids is 1. The molecular formula is C28H25FN6O2. The first-order valence-corrected chi connectivity index (χ1v) is 12.0. The molecule has 37 heavy (non-hydrogen) atoms. The Bertz CT molecular complexity index is 1470. The lowest BCUT2D eigenvalue weighted by molar-refractivity contribution is 0.0953. The van der Waals surface area contributed by atoms with E-state index >= 15 is 0 Å². The molecule has 0 spiro atoms. The summed E-state index contributed by atoms with van der Waals surface area (Å²) in [7, 11) is 0. The first kappa shape index (κ1) is 24.1. The van der Waals surface area contributed by atoms with Crippen molar-refractivity contribution >= 4 is 16.9 Å². The number of rotatable bonds is 10. The number of pyridine rings is 1. The predicted octanol–water partition coefficient (Wildman–Crippen LogP) is 4.54. The van der Waals surface area contributed by atoms with E-state index in [1.54, 1.807) is 48.9 Å². The topological polar surface area (TPSA) is 106 Å². The van der Waals surface area contributed by atoms with E-state index in [0.29, 0.717) is 53.3 Å². The lowest BCUT2D eigenvalue weighted by atomic mass is 10.1. The summed E-state index contributed by atoms with van der Waals surface area (Å²) in [5.74, 6) is 0.690. The minimum absolute atomic E-state index is 0.192. The van der Waals surface area contributed by atoms with Crippen LogP contribution in [-0.4, -0.2) is 44.0 Å². The van der Waals surface area contributed by atoms with Gasteiger partial charge >= 0.3 is 0 Å². The molecule has 5 aromatic rings. The maximum atomic E-state index is 13.6. The predicted molar refractivity (Wildman–Crippen MR) is 138 cm³/mol. The van der Waals surface area contributed by atoms with Gasteiger partial charge in [0.2, 0.25) is 5.88 Å². The van der Waals surface area contributed by atoms with Crippen molar-refractivity contribution < 1.29 is 13.9 Å². The molecular weight excluding hydrogens is 471 g/mol. The van der Waals surface area contributed by atoms with Crippen LogP contribution < -0.4 is 10.1 Å². The van der Waals surface area contributed by atoms with Gasteiger partial charge in [0.05, 0.1) is 17.6 Å². The molecule has 0 unspecified atom stereocenters. The Morgan fingerprint density at radius 1 is 0.946 bits per heavy atom. The third kappa shape index (κ3) is 6.13. The summed E-state index contributed by atoms with van der Waals surface area (Å²) < 4.78 is 19.6. The molecule has 2 N–H and O–H groups in total. The number of nitrogens with one attached hydrogen (secondary N) is 2. The Labute approximate surface area is 213 Å². The van der Waals surface area contributed by atoms with Crippen LogP contribution in [-0.2, 0) is 12.8 Å². The van der Waals surface area contributed by atoms with Crippen LogP contribution in [0, 0.1) is 5.82 Å². The summed E-state index contributed by atoms with van der Waals surface area (Å²) in [6, 6.07) is 16.9. The smallest absolute Gasteiger partial charge is 0.251 e. The Balaban J connectivity index is 1.35. The molecule has 0 atom stereocenters. The van der Waals surface area contributed by atoms with E-state index in [4.69, 9.17) is 9.72 Å². The number of nitrogens with zero attached hydrogens (tertiary/aromatic N) is 4. The molecule has 0 aliphatic rings. The number of aryl methyl sites for hydroxylation is 1. The first-order valence-electron chi connectivity index (χ1n) is 12.0. The zero-order chi connectivity index (χ0) is 25.5. The van der Waals surface area contributed by atoms with Gasteiger partial charge in [0, 0.05) is 54.8 Å². The van der Waals surface area contributed by atoms with E-state index < -0.39 is 0 Å². The highest BCUT2D eigenvalue weighted by Crippen LogP contribution is 2.29. The summed E-state index contributed by atoms with van der Waals surface area (Å²) in [5.41, 5.74) is 3.65. The fraction of sp³-hybridized carbons (Fsp3) is 0.179. The van der Waals surface area contributed by atoms with Crippen molar-refractivity contribution in [1.82, 2.24) is 30.2 Å². The summed E-state index contributed by atoms with van der Waals surface area (Å²) >= 11 is 0. The average Bonchev–Trinajstić information content (AvgIpc) is 3.45. The Kier molecular flexibility index (Phi) is 7.40. The van der Waals surface area contributed by atoms with Gasteiger partial charge in [-0.3, -0.25) is 9.78 Å². The van der Waals surface area contributed by atoms with Gasteiger partial charge in [0.25, 0.3) is 5.91 Å². The van der Waals surface area contributed by atoms with Gasteiger partial charge in [-0.2, -0.15) is 0 Å². The highest BCUT2D eigenvalue weighted by molar-refractivity contribution is 5.97. The van der Waals surface area contributed by atoms with E-state index in [1.807, 2.05) is 18.2 Å². The number of H-pyrrole nitrogens is 1. The van der Waals surface area contributed by atoms with Gasteiger partial charge in [-0.25, -0.2) is 19.3 Å². The maximum absolute atomic E-state index is 13.6. The largest absolute Gasteiger partial charge is 0.476 e. The highest BCUT2D eigenvalue weighted by atomic mass is 19.1. The molecule has 0 saturated carbocycles. The second-order valence-electron chi connectivity index (χ2n) is 8.40. The Morgan fingerprint density at radius 2 is 1.84 bits per heavy atom. The molecule has 0 radical (unpaired) electrons. The van der Waals surface area contributed by atoms with E-state index in [0.717, 1.165) is 24.4 Å². The monoisotopic (exact) mass is 496 g/mol. The molecule has 0 bridgehead atoms. The lowest BCUT2D eigenvalue weighted by Crippen LogP contribution is -2.24. The van der Waals surface area contributed by atoms with Crippen molar-refractivity contribution in [3.05, 3.63) is 102 Å². The normalized spacial score (nSPS) is 10.9. The fourth-order valence-electron chi connectivity index (χ4n) is 3.87. The zero-order valence-corrected chi connectivity index (χ0v) is 20.0. The Hall–Kier alpha value is -4.66. The van der Waals surface area contributed by atoms with E-state index in [9.17, 15) is 9.18 Å². The zero-order valence-electron chi connectivity index (χ0n) is 20.0. The molecule has 3 heterocycles. The Morgan fingerprint density at radius 3 is 2.62 bits per heavy atom. The van der Waals surface area contributed by atoms with Gasteiger partial charge in [0.15, 0.2) is 0 Å². The molecule has 9 heteroatoms. The van der Waals surface area contributed by atoms with Gasteiger partial charge in [0.1, 0.15) is 17.3 Å². The summed E-state index contributed by atoms with van der Waals surface area (Å²) in [6.45, 7) is 0.872. The van der Waals surface area contributed by atoms with E-state index in [2.05, 4.69) is 25.3 Å². The van der Waals surface area contributed by atoms with Crippen molar-refractivity contribution in [2.45, 2.75) is 19.3 Å². The van der Waals surface area contributed by atoms with Crippen LogP contribution >= 0.6 is 0 Å². The van der Waals surface area contributed by atoms with Crippen LogP contribution in [0.2, 0.25) is 0 Å². The van der Waals surface area contributed by atoms with E-state index in [-0.39, 0.29) is 11.7 Å². The number of halogens is 1. The molecule has 0 aliphatic carbocycles. The minimum Gasteiger partial charge on any atom is -0.476 e. The number of imidazole rings is 1. The van der Waals surface area contributed by atoms with Crippen molar-refractivity contribution in [3.63, 3.8) is 0 Å². The number of hydrogen-bond acceptors (Lipinski definition) is 6. The van der Waals surface area contributed by atoms with E-state index in [1.165, 1.54) is 12.1 Å². The molecule has 0 saturated heterocycles. The van der Waals surface area contributed by atoms with Crippen molar-refractivity contribution in [2.75, 3.05) is 13.2 Å². The molecule has 186 valence electrons. The minimum atomic E-state index is -0.346. The molecule has 1 amide bonds. The number of aromatic nitrogens is 5.